The second kappa shape index (κ2) is 5.93. The Kier molecular flexibility index (Phi) is 4.04. The van der Waals surface area contributed by atoms with E-state index in [1.807, 2.05) is 0 Å². The maximum absolute atomic E-state index is 5.80. The Morgan fingerprint density at radius 1 is 1.37 bits per heavy atom. The van der Waals surface area contributed by atoms with E-state index in [0.29, 0.717) is 12.1 Å². The van der Waals surface area contributed by atoms with Crippen LogP contribution in [0.3, 0.4) is 0 Å². The molecule has 0 spiro atoms. The van der Waals surface area contributed by atoms with E-state index in [1.165, 1.54) is 24.1 Å². The Morgan fingerprint density at radius 2 is 2.26 bits per heavy atom. The van der Waals surface area contributed by atoms with Crippen LogP contribution in [0.2, 0.25) is 0 Å². The van der Waals surface area contributed by atoms with Crippen LogP contribution in [-0.4, -0.2) is 38.4 Å². The van der Waals surface area contributed by atoms with Crippen molar-refractivity contribution in [1.82, 2.24) is 5.32 Å². The maximum Gasteiger partial charge on any atom is 0.0716 e. The van der Waals surface area contributed by atoms with E-state index in [0.717, 1.165) is 32.7 Å². The molecule has 1 fully saturated rings. The molecule has 0 amide bonds. The van der Waals surface area contributed by atoms with Gasteiger partial charge in [-0.05, 0) is 37.8 Å². The molecule has 3 nitrogen and oxygen atoms in total. The zero-order valence-electron chi connectivity index (χ0n) is 11.8. The van der Waals surface area contributed by atoms with Gasteiger partial charge in [-0.25, -0.2) is 0 Å². The van der Waals surface area contributed by atoms with E-state index in [1.54, 1.807) is 0 Å². The van der Waals surface area contributed by atoms with Crippen molar-refractivity contribution in [1.29, 1.82) is 0 Å². The number of benzene rings is 1. The molecule has 1 aromatic carbocycles. The van der Waals surface area contributed by atoms with Gasteiger partial charge in [-0.2, -0.15) is 0 Å². The highest BCUT2D eigenvalue weighted by atomic mass is 16.5. The number of nitrogens with zero attached hydrogens (tertiary/aromatic N) is 1. The van der Waals surface area contributed by atoms with Crippen molar-refractivity contribution in [3.8, 4) is 0 Å². The van der Waals surface area contributed by atoms with E-state index >= 15 is 0 Å². The molecule has 2 heterocycles. The van der Waals surface area contributed by atoms with Crippen molar-refractivity contribution >= 4 is 5.69 Å². The third kappa shape index (κ3) is 2.93. The predicted molar refractivity (Wildman–Crippen MR) is 78.8 cm³/mol. The summed E-state index contributed by atoms with van der Waals surface area (Å²) in [7, 11) is 0. The van der Waals surface area contributed by atoms with Gasteiger partial charge in [0.2, 0.25) is 0 Å². The number of ether oxygens (including phenoxy) is 1. The molecule has 0 aromatic heterocycles. The molecule has 19 heavy (non-hydrogen) atoms. The van der Waals surface area contributed by atoms with Crippen LogP contribution in [0.4, 0.5) is 5.69 Å². The Labute approximate surface area is 115 Å². The van der Waals surface area contributed by atoms with Crippen LogP contribution in [0.25, 0.3) is 0 Å². The lowest BCUT2D eigenvalue weighted by molar-refractivity contribution is 0.0246. The van der Waals surface area contributed by atoms with E-state index in [2.05, 4.69) is 41.4 Å². The van der Waals surface area contributed by atoms with Gasteiger partial charge in [-0.15, -0.1) is 0 Å². The van der Waals surface area contributed by atoms with Crippen LogP contribution in [0.1, 0.15) is 25.3 Å². The number of hydrogen-bond donors (Lipinski definition) is 1. The first-order valence-corrected chi connectivity index (χ1v) is 7.51. The average molecular weight is 260 g/mol. The predicted octanol–water partition coefficient (Wildman–Crippen LogP) is 2.21. The standard InChI is InChI=1S/C16H24N2O/c1-13-6-7-14-4-2-3-5-16(14)18(13)10-8-15-12-17-9-11-19-15/h2-5,13,15,17H,6-12H2,1H3. The Hall–Kier alpha value is -1.06. The van der Waals surface area contributed by atoms with E-state index in [4.69, 9.17) is 4.74 Å². The molecule has 1 aromatic rings. The van der Waals surface area contributed by atoms with Crippen molar-refractivity contribution in [2.75, 3.05) is 31.1 Å². The smallest absolute Gasteiger partial charge is 0.0716 e. The lowest BCUT2D eigenvalue weighted by atomic mass is 9.96. The Bertz CT molecular complexity index is 415. The fraction of sp³-hybridized carbons (Fsp3) is 0.625. The first-order chi connectivity index (χ1) is 9.34. The van der Waals surface area contributed by atoms with E-state index in [9.17, 15) is 0 Å². The number of nitrogens with one attached hydrogen (secondary N) is 1. The lowest BCUT2D eigenvalue weighted by Gasteiger charge is -2.38. The van der Waals surface area contributed by atoms with Crippen molar-refractivity contribution in [3.05, 3.63) is 29.8 Å². The van der Waals surface area contributed by atoms with E-state index in [-0.39, 0.29) is 0 Å². The number of aryl methyl sites for hydroxylation is 1. The minimum Gasteiger partial charge on any atom is -0.376 e. The van der Waals surface area contributed by atoms with Gasteiger partial charge in [0.15, 0.2) is 0 Å². The molecule has 3 heteroatoms. The number of morpholine rings is 1. The fourth-order valence-electron chi connectivity index (χ4n) is 3.19. The minimum atomic E-state index is 0.384. The highest BCUT2D eigenvalue weighted by Crippen LogP contribution is 2.30. The second-order valence-corrected chi connectivity index (χ2v) is 5.70. The number of anilines is 1. The van der Waals surface area contributed by atoms with Crippen LogP contribution in [-0.2, 0) is 11.2 Å². The van der Waals surface area contributed by atoms with Crippen molar-refractivity contribution in [3.63, 3.8) is 0 Å². The number of hydrogen-bond acceptors (Lipinski definition) is 3. The van der Waals surface area contributed by atoms with Gasteiger partial charge in [0.25, 0.3) is 0 Å². The number of para-hydroxylation sites is 1. The third-order valence-corrected chi connectivity index (χ3v) is 4.36. The molecule has 0 aliphatic carbocycles. The first-order valence-electron chi connectivity index (χ1n) is 7.51. The molecule has 3 rings (SSSR count). The minimum absolute atomic E-state index is 0.384. The molecule has 0 bridgehead atoms. The summed E-state index contributed by atoms with van der Waals surface area (Å²) in [4.78, 5) is 2.57. The Morgan fingerprint density at radius 3 is 3.11 bits per heavy atom. The summed E-state index contributed by atoms with van der Waals surface area (Å²) in [6.45, 7) is 6.31. The Balaban J connectivity index is 1.65. The highest BCUT2D eigenvalue weighted by molar-refractivity contribution is 5.56. The molecule has 1 saturated heterocycles. The van der Waals surface area contributed by atoms with Gasteiger partial charge >= 0.3 is 0 Å². The third-order valence-electron chi connectivity index (χ3n) is 4.36. The van der Waals surface area contributed by atoms with Gasteiger partial charge < -0.3 is 15.0 Å². The monoisotopic (exact) mass is 260 g/mol. The molecule has 1 N–H and O–H groups in total. The van der Waals surface area contributed by atoms with E-state index < -0.39 is 0 Å². The summed E-state index contributed by atoms with van der Waals surface area (Å²) in [5.41, 5.74) is 2.94. The summed E-state index contributed by atoms with van der Waals surface area (Å²) in [5.74, 6) is 0. The summed E-state index contributed by atoms with van der Waals surface area (Å²) < 4.78 is 5.80. The molecular formula is C16H24N2O. The van der Waals surface area contributed by atoms with Crippen molar-refractivity contribution in [2.45, 2.75) is 38.3 Å². The van der Waals surface area contributed by atoms with Crippen LogP contribution >= 0.6 is 0 Å². The first kappa shape index (κ1) is 12.9. The SMILES string of the molecule is CC1CCc2ccccc2N1CCC1CNCCO1. The molecule has 104 valence electrons. The topological polar surface area (TPSA) is 24.5 Å². The van der Waals surface area contributed by atoms with Gasteiger partial charge in [-0.1, -0.05) is 18.2 Å². The van der Waals surface area contributed by atoms with Crippen LogP contribution in [0.15, 0.2) is 24.3 Å². The molecule has 2 aliphatic rings. The molecule has 2 aliphatic heterocycles. The van der Waals surface area contributed by atoms with Gasteiger partial charge in [0.05, 0.1) is 12.7 Å². The highest BCUT2D eigenvalue weighted by Gasteiger charge is 2.23. The zero-order chi connectivity index (χ0) is 13.1. The quantitative estimate of drug-likeness (QED) is 0.902. The van der Waals surface area contributed by atoms with Crippen LogP contribution in [0.5, 0.6) is 0 Å². The summed E-state index contributed by atoms with van der Waals surface area (Å²) in [6.07, 6.45) is 3.98. The van der Waals surface area contributed by atoms with Gasteiger partial charge in [0.1, 0.15) is 0 Å². The number of rotatable bonds is 3. The summed E-state index contributed by atoms with van der Waals surface area (Å²) in [5, 5.41) is 3.41. The van der Waals surface area contributed by atoms with Gasteiger partial charge in [0, 0.05) is 31.4 Å². The van der Waals surface area contributed by atoms with Crippen LogP contribution in [0, 0.1) is 0 Å². The normalized spacial score (nSPS) is 27.1. The second-order valence-electron chi connectivity index (χ2n) is 5.70. The molecule has 0 saturated carbocycles. The van der Waals surface area contributed by atoms with Gasteiger partial charge in [-0.3, -0.25) is 0 Å². The molecule has 0 radical (unpaired) electrons. The number of fused-ring (bicyclic) bond motifs is 1. The summed E-state index contributed by atoms with van der Waals surface area (Å²) in [6, 6.07) is 9.49. The molecular weight excluding hydrogens is 236 g/mol. The largest absolute Gasteiger partial charge is 0.376 e. The lowest BCUT2D eigenvalue weighted by Crippen LogP contribution is -2.43. The van der Waals surface area contributed by atoms with Crippen LogP contribution < -0.4 is 10.2 Å². The maximum atomic E-state index is 5.80. The fourth-order valence-corrected chi connectivity index (χ4v) is 3.19. The molecule has 2 atom stereocenters. The van der Waals surface area contributed by atoms with Crippen molar-refractivity contribution < 1.29 is 4.74 Å². The van der Waals surface area contributed by atoms with Crippen molar-refractivity contribution in [2.24, 2.45) is 0 Å². The molecule has 2 unspecified atom stereocenters. The summed E-state index contributed by atoms with van der Waals surface area (Å²) >= 11 is 0. The zero-order valence-corrected chi connectivity index (χ0v) is 11.8. The average Bonchev–Trinajstić information content (AvgIpc) is 2.47.